The Morgan fingerprint density at radius 1 is 1.47 bits per heavy atom. The lowest BCUT2D eigenvalue weighted by molar-refractivity contribution is 0.0940. The van der Waals surface area contributed by atoms with Gasteiger partial charge in [0.25, 0.3) is 5.91 Å². The van der Waals surface area contributed by atoms with Crippen LogP contribution < -0.4 is 10.2 Å². The second-order valence-corrected chi connectivity index (χ2v) is 4.52. The Balaban J connectivity index is 2.10. The molecule has 6 nitrogen and oxygen atoms in total. The van der Waals surface area contributed by atoms with E-state index in [9.17, 15) is 4.79 Å². The SMILES string of the molecule is CC(NC(=O)c1ccnc(N(C)C)c1)c1cn[nH]c1. The molecule has 0 fully saturated rings. The van der Waals surface area contributed by atoms with Crippen LogP contribution in [0.5, 0.6) is 0 Å². The summed E-state index contributed by atoms with van der Waals surface area (Å²) in [6, 6.07) is 3.36. The van der Waals surface area contributed by atoms with Gasteiger partial charge < -0.3 is 10.2 Å². The molecule has 6 heteroatoms. The molecular weight excluding hydrogens is 242 g/mol. The minimum atomic E-state index is -0.126. The first-order chi connectivity index (χ1) is 9.08. The van der Waals surface area contributed by atoms with E-state index < -0.39 is 0 Å². The lowest BCUT2D eigenvalue weighted by atomic mass is 10.1. The molecular formula is C13H17N5O. The number of nitrogens with zero attached hydrogens (tertiary/aromatic N) is 3. The number of aromatic amines is 1. The lowest BCUT2D eigenvalue weighted by Crippen LogP contribution is -2.26. The van der Waals surface area contributed by atoms with E-state index in [0.29, 0.717) is 5.56 Å². The van der Waals surface area contributed by atoms with Crippen LogP contribution in [0.15, 0.2) is 30.7 Å². The van der Waals surface area contributed by atoms with Crippen molar-refractivity contribution in [1.29, 1.82) is 0 Å². The number of amides is 1. The minimum absolute atomic E-state index is 0.0952. The Kier molecular flexibility index (Phi) is 3.79. The van der Waals surface area contributed by atoms with Crippen molar-refractivity contribution in [3.63, 3.8) is 0 Å². The van der Waals surface area contributed by atoms with Crippen molar-refractivity contribution in [1.82, 2.24) is 20.5 Å². The highest BCUT2D eigenvalue weighted by Crippen LogP contribution is 2.13. The summed E-state index contributed by atoms with van der Waals surface area (Å²) in [7, 11) is 3.77. The van der Waals surface area contributed by atoms with Gasteiger partial charge in [-0.3, -0.25) is 9.89 Å². The van der Waals surface area contributed by atoms with Gasteiger partial charge in [-0.15, -0.1) is 0 Å². The maximum Gasteiger partial charge on any atom is 0.251 e. The van der Waals surface area contributed by atoms with Crippen LogP contribution >= 0.6 is 0 Å². The number of aromatic nitrogens is 3. The van der Waals surface area contributed by atoms with Crippen LogP contribution in [0.2, 0.25) is 0 Å². The standard InChI is InChI=1S/C13H17N5O/c1-9(11-7-15-16-8-11)17-13(19)10-4-5-14-12(6-10)18(2)3/h4-9H,1-3H3,(H,15,16)(H,17,19). The molecule has 0 bridgehead atoms. The molecule has 2 rings (SSSR count). The minimum Gasteiger partial charge on any atom is -0.363 e. The summed E-state index contributed by atoms with van der Waals surface area (Å²) < 4.78 is 0. The van der Waals surface area contributed by atoms with Crippen LogP contribution in [0.4, 0.5) is 5.82 Å². The van der Waals surface area contributed by atoms with E-state index in [4.69, 9.17) is 0 Å². The maximum absolute atomic E-state index is 12.1. The van der Waals surface area contributed by atoms with Crippen molar-refractivity contribution in [2.45, 2.75) is 13.0 Å². The molecule has 19 heavy (non-hydrogen) atoms. The number of carbonyl (C=O) groups excluding carboxylic acids is 1. The molecule has 100 valence electrons. The largest absolute Gasteiger partial charge is 0.363 e. The zero-order valence-electron chi connectivity index (χ0n) is 11.2. The number of rotatable bonds is 4. The number of anilines is 1. The van der Waals surface area contributed by atoms with Crippen LogP contribution in [-0.4, -0.2) is 35.2 Å². The third-order valence-corrected chi connectivity index (χ3v) is 2.83. The number of pyridine rings is 1. The molecule has 2 aromatic rings. The fraction of sp³-hybridized carbons (Fsp3) is 0.308. The average molecular weight is 259 g/mol. The molecule has 0 aliphatic carbocycles. The summed E-state index contributed by atoms with van der Waals surface area (Å²) in [5.74, 6) is 0.628. The van der Waals surface area contributed by atoms with Crippen molar-refractivity contribution in [3.8, 4) is 0 Å². The van der Waals surface area contributed by atoms with E-state index >= 15 is 0 Å². The summed E-state index contributed by atoms with van der Waals surface area (Å²) in [6.07, 6.45) is 5.10. The monoisotopic (exact) mass is 259 g/mol. The van der Waals surface area contributed by atoms with E-state index in [-0.39, 0.29) is 11.9 Å². The molecule has 0 saturated carbocycles. The van der Waals surface area contributed by atoms with Crippen LogP contribution in [0.25, 0.3) is 0 Å². The van der Waals surface area contributed by atoms with Crippen LogP contribution in [0.1, 0.15) is 28.9 Å². The van der Waals surface area contributed by atoms with Crippen LogP contribution in [0.3, 0.4) is 0 Å². The first kappa shape index (κ1) is 13.1. The molecule has 1 atom stereocenters. The van der Waals surface area contributed by atoms with Gasteiger partial charge in [0, 0.05) is 37.6 Å². The zero-order chi connectivity index (χ0) is 13.8. The zero-order valence-corrected chi connectivity index (χ0v) is 11.2. The Bertz CT molecular complexity index is 550. The molecule has 2 N–H and O–H groups in total. The van der Waals surface area contributed by atoms with Gasteiger partial charge in [-0.25, -0.2) is 4.98 Å². The third-order valence-electron chi connectivity index (χ3n) is 2.83. The van der Waals surface area contributed by atoms with Gasteiger partial charge in [0.05, 0.1) is 12.2 Å². The predicted octanol–water partition coefficient (Wildman–Crippen LogP) is 1.36. The molecule has 2 heterocycles. The first-order valence-corrected chi connectivity index (χ1v) is 6.01. The Morgan fingerprint density at radius 2 is 2.26 bits per heavy atom. The van der Waals surface area contributed by atoms with E-state index in [1.165, 1.54) is 0 Å². The van der Waals surface area contributed by atoms with Gasteiger partial charge in [0.2, 0.25) is 0 Å². The molecule has 2 aromatic heterocycles. The fourth-order valence-electron chi connectivity index (χ4n) is 1.67. The smallest absolute Gasteiger partial charge is 0.251 e. The summed E-state index contributed by atoms with van der Waals surface area (Å²) in [6.45, 7) is 1.91. The number of hydrogen-bond acceptors (Lipinski definition) is 4. The quantitative estimate of drug-likeness (QED) is 0.869. The molecule has 0 aliphatic heterocycles. The molecule has 0 spiro atoms. The van der Waals surface area contributed by atoms with E-state index in [1.54, 1.807) is 30.7 Å². The number of hydrogen-bond donors (Lipinski definition) is 2. The van der Waals surface area contributed by atoms with Gasteiger partial charge in [-0.05, 0) is 19.1 Å². The lowest BCUT2D eigenvalue weighted by Gasteiger charge is -2.14. The van der Waals surface area contributed by atoms with Crippen LogP contribution in [0, 0.1) is 0 Å². The molecule has 0 aromatic carbocycles. The van der Waals surface area contributed by atoms with E-state index in [0.717, 1.165) is 11.4 Å². The summed E-state index contributed by atoms with van der Waals surface area (Å²) in [5, 5.41) is 9.52. The molecule has 1 amide bonds. The van der Waals surface area contributed by atoms with E-state index in [1.807, 2.05) is 25.9 Å². The number of H-pyrrole nitrogens is 1. The van der Waals surface area contributed by atoms with Crippen molar-refractivity contribution in [2.75, 3.05) is 19.0 Å². The van der Waals surface area contributed by atoms with Crippen LogP contribution in [-0.2, 0) is 0 Å². The Hall–Kier alpha value is -2.37. The molecule has 0 radical (unpaired) electrons. The van der Waals surface area contributed by atoms with Gasteiger partial charge in [0.1, 0.15) is 5.82 Å². The van der Waals surface area contributed by atoms with Gasteiger partial charge in [-0.2, -0.15) is 5.10 Å². The first-order valence-electron chi connectivity index (χ1n) is 6.01. The summed E-state index contributed by atoms with van der Waals surface area (Å²) in [4.78, 5) is 18.2. The Labute approximate surface area is 111 Å². The van der Waals surface area contributed by atoms with Gasteiger partial charge >= 0.3 is 0 Å². The average Bonchev–Trinajstić information content (AvgIpc) is 2.92. The summed E-state index contributed by atoms with van der Waals surface area (Å²) >= 11 is 0. The predicted molar refractivity (Wildman–Crippen MR) is 73.0 cm³/mol. The van der Waals surface area contributed by atoms with Crippen molar-refractivity contribution in [2.24, 2.45) is 0 Å². The van der Waals surface area contributed by atoms with Crippen molar-refractivity contribution >= 4 is 11.7 Å². The second-order valence-electron chi connectivity index (χ2n) is 4.52. The maximum atomic E-state index is 12.1. The number of nitrogens with one attached hydrogen (secondary N) is 2. The fourth-order valence-corrected chi connectivity index (χ4v) is 1.67. The van der Waals surface area contributed by atoms with Gasteiger partial charge in [-0.1, -0.05) is 0 Å². The molecule has 0 saturated heterocycles. The highest BCUT2D eigenvalue weighted by molar-refractivity contribution is 5.95. The second kappa shape index (κ2) is 5.51. The van der Waals surface area contributed by atoms with Crippen molar-refractivity contribution in [3.05, 3.63) is 41.9 Å². The highest BCUT2D eigenvalue weighted by Gasteiger charge is 2.13. The topological polar surface area (TPSA) is 73.9 Å². The van der Waals surface area contributed by atoms with Crippen molar-refractivity contribution < 1.29 is 4.79 Å². The Morgan fingerprint density at radius 3 is 2.89 bits per heavy atom. The normalized spacial score (nSPS) is 11.9. The molecule has 1 unspecified atom stereocenters. The van der Waals surface area contributed by atoms with E-state index in [2.05, 4.69) is 20.5 Å². The highest BCUT2D eigenvalue weighted by atomic mass is 16.1. The molecule has 0 aliphatic rings. The third kappa shape index (κ3) is 3.09. The summed E-state index contributed by atoms with van der Waals surface area (Å²) in [5.41, 5.74) is 1.53. The number of carbonyl (C=O) groups is 1. The van der Waals surface area contributed by atoms with Gasteiger partial charge in [0.15, 0.2) is 0 Å².